The first kappa shape index (κ1) is 14.8. The molecule has 0 aliphatic carbocycles. The summed E-state index contributed by atoms with van der Waals surface area (Å²) in [4.78, 5) is 23.0. The Morgan fingerprint density at radius 1 is 1.20 bits per heavy atom. The number of fused-ring (bicyclic) bond motifs is 1. The highest BCUT2D eigenvalue weighted by Gasteiger charge is 2.09. The molecule has 1 aromatic carbocycles. The Labute approximate surface area is 142 Å². The first-order valence-electron chi connectivity index (χ1n) is 7.63. The van der Waals surface area contributed by atoms with Crippen molar-refractivity contribution >= 4 is 23.1 Å². The maximum atomic E-state index is 10.9. The normalized spacial score (nSPS) is 11.4. The van der Waals surface area contributed by atoms with Gasteiger partial charge in [-0.05, 0) is 18.2 Å². The van der Waals surface area contributed by atoms with Gasteiger partial charge in [-0.3, -0.25) is 4.79 Å². The number of carbonyl (C=O) groups excluding carboxylic acids is 1. The molecule has 0 unspecified atom stereocenters. The molecule has 122 valence electrons. The number of H-pyrrole nitrogens is 1. The molecule has 0 bridgehead atoms. The number of nitrogens with two attached hydrogens (primary N) is 1. The summed E-state index contributed by atoms with van der Waals surface area (Å²) in [5.74, 6) is -0.511. The van der Waals surface area contributed by atoms with Crippen molar-refractivity contribution in [2.24, 2.45) is 5.73 Å². The van der Waals surface area contributed by atoms with E-state index in [1.54, 1.807) is 29.3 Å². The number of benzene rings is 1. The van der Waals surface area contributed by atoms with E-state index in [-0.39, 0.29) is 0 Å². The standard InChI is InChI=1S/C18H14N6O/c19-16(25)7-6-12-8-20-18-17(12)23-15(10-21-18)13-9-22-24(11-13)14-4-2-1-3-5-14/h1-11H,(H2,19,25)(H,20,21)/b7-6+. The van der Waals surface area contributed by atoms with Crippen LogP contribution in [0.1, 0.15) is 5.56 Å². The molecular weight excluding hydrogens is 316 g/mol. The number of hydrogen-bond acceptors (Lipinski definition) is 4. The van der Waals surface area contributed by atoms with Gasteiger partial charge in [0.05, 0.1) is 23.8 Å². The molecule has 3 N–H and O–H groups in total. The Morgan fingerprint density at radius 2 is 2.04 bits per heavy atom. The van der Waals surface area contributed by atoms with E-state index in [1.807, 2.05) is 36.5 Å². The van der Waals surface area contributed by atoms with Crippen LogP contribution < -0.4 is 5.73 Å². The number of rotatable bonds is 4. The maximum Gasteiger partial charge on any atom is 0.241 e. The van der Waals surface area contributed by atoms with E-state index >= 15 is 0 Å². The molecule has 7 heteroatoms. The Balaban J connectivity index is 1.73. The number of primary amides is 1. The summed E-state index contributed by atoms with van der Waals surface area (Å²) >= 11 is 0. The van der Waals surface area contributed by atoms with Crippen LogP contribution in [0.25, 0.3) is 34.2 Å². The molecule has 0 saturated heterocycles. The highest BCUT2D eigenvalue weighted by molar-refractivity contribution is 5.93. The Kier molecular flexibility index (Phi) is 3.59. The third-order valence-corrected chi connectivity index (χ3v) is 3.74. The van der Waals surface area contributed by atoms with E-state index in [0.29, 0.717) is 16.9 Å². The van der Waals surface area contributed by atoms with Gasteiger partial charge in [-0.15, -0.1) is 0 Å². The van der Waals surface area contributed by atoms with E-state index in [9.17, 15) is 4.79 Å². The lowest BCUT2D eigenvalue weighted by Gasteiger charge is -1.99. The highest BCUT2D eigenvalue weighted by atomic mass is 16.1. The average molecular weight is 330 g/mol. The van der Waals surface area contributed by atoms with Gasteiger partial charge in [-0.1, -0.05) is 18.2 Å². The fourth-order valence-electron chi connectivity index (χ4n) is 2.53. The fourth-order valence-corrected chi connectivity index (χ4v) is 2.53. The van der Waals surface area contributed by atoms with E-state index in [0.717, 1.165) is 16.8 Å². The minimum Gasteiger partial charge on any atom is -0.366 e. The van der Waals surface area contributed by atoms with Gasteiger partial charge in [-0.25, -0.2) is 14.6 Å². The summed E-state index contributed by atoms with van der Waals surface area (Å²) < 4.78 is 1.78. The zero-order valence-electron chi connectivity index (χ0n) is 13.1. The van der Waals surface area contributed by atoms with Crippen molar-refractivity contribution < 1.29 is 4.79 Å². The third kappa shape index (κ3) is 2.90. The number of nitrogens with zero attached hydrogens (tertiary/aromatic N) is 4. The second-order valence-corrected chi connectivity index (χ2v) is 5.44. The van der Waals surface area contributed by atoms with Gasteiger partial charge < -0.3 is 10.7 Å². The molecule has 7 nitrogen and oxygen atoms in total. The summed E-state index contributed by atoms with van der Waals surface area (Å²) in [6, 6.07) is 9.83. The van der Waals surface area contributed by atoms with Crippen molar-refractivity contribution in [2.45, 2.75) is 0 Å². The van der Waals surface area contributed by atoms with Gasteiger partial charge in [0.15, 0.2) is 5.65 Å². The lowest BCUT2D eigenvalue weighted by Crippen LogP contribution is -2.05. The Morgan fingerprint density at radius 3 is 2.84 bits per heavy atom. The van der Waals surface area contributed by atoms with E-state index in [4.69, 9.17) is 5.73 Å². The van der Waals surface area contributed by atoms with Crippen LogP contribution >= 0.6 is 0 Å². The van der Waals surface area contributed by atoms with Crippen molar-refractivity contribution in [2.75, 3.05) is 0 Å². The topological polar surface area (TPSA) is 102 Å². The van der Waals surface area contributed by atoms with Crippen LogP contribution in [-0.2, 0) is 4.79 Å². The zero-order valence-corrected chi connectivity index (χ0v) is 13.1. The van der Waals surface area contributed by atoms with Crippen LogP contribution in [0, 0.1) is 0 Å². The van der Waals surface area contributed by atoms with E-state index in [2.05, 4.69) is 20.1 Å². The summed E-state index contributed by atoms with van der Waals surface area (Å²) in [6.45, 7) is 0. The lowest BCUT2D eigenvalue weighted by molar-refractivity contribution is -0.113. The molecule has 3 aromatic heterocycles. The van der Waals surface area contributed by atoms with E-state index < -0.39 is 5.91 Å². The van der Waals surface area contributed by atoms with Gasteiger partial charge in [0.2, 0.25) is 5.91 Å². The molecule has 0 radical (unpaired) electrons. The summed E-state index contributed by atoms with van der Waals surface area (Å²) in [5.41, 5.74) is 9.72. The fraction of sp³-hybridized carbons (Fsp3) is 0. The van der Waals surface area contributed by atoms with Crippen molar-refractivity contribution in [3.8, 4) is 16.9 Å². The number of nitrogens with one attached hydrogen (secondary N) is 1. The predicted octanol–water partition coefficient (Wildman–Crippen LogP) is 2.31. The average Bonchev–Trinajstić information content (AvgIpc) is 3.27. The monoisotopic (exact) mass is 330 g/mol. The van der Waals surface area contributed by atoms with Crippen LogP contribution in [-0.4, -0.2) is 30.6 Å². The molecule has 3 heterocycles. The molecule has 0 spiro atoms. The van der Waals surface area contributed by atoms with Crippen molar-refractivity contribution in [3.05, 3.63) is 66.8 Å². The number of amides is 1. The molecule has 4 aromatic rings. The minimum absolute atomic E-state index is 0.511. The van der Waals surface area contributed by atoms with Crippen LogP contribution in [0.5, 0.6) is 0 Å². The van der Waals surface area contributed by atoms with Crippen molar-refractivity contribution in [1.29, 1.82) is 0 Å². The highest BCUT2D eigenvalue weighted by Crippen LogP contribution is 2.22. The van der Waals surface area contributed by atoms with E-state index in [1.165, 1.54) is 6.08 Å². The van der Waals surface area contributed by atoms with Gasteiger partial charge in [0.1, 0.15) is 5.52 Å². The number of carbonyl (C=O) groups is 1. The van der Waals surface area contributed by atoms with Crippen LogP contribution in [0.4, 0.5) is 0 Å². The molecule has 0 fully saturated rings. The Hall–Kier alpha value is -3.74. The van der Waals surface area contributed by atoms with Gasteiger partial charge >= 0.3 is 0 Å². The molecule has 4 rings (SSSR count). The predicted molar refractivity (Wildman–Crippen MR) is 94.7 cm³/mol. The largest absolute Gasteiger partial charge is 0.366 e. The second-order valence-electron chi connectivity index (χ2n) is 5.44. The Bertz CT molecular complexity index is 1080. The number of para-hydroxylation sites is 1. The van der Waals surface area contributed by atoms with Crippen molar-refractivity contribution in [1.82, 2.24) is 24.7 Å². The van der Waals surface area contributed by atoms with Crippen LogP contribution in [0.15, 0.2) is 61.2 Å². The molecule has 25 heavy (non-hydrogen) atoms. The first-order valence-corrected chi connectivity index (χ1v) is 7.63. The van der Waals surface area contributed by atoms with Crippen molar-refractivity contribution in [3.63, 3.8) is 0 Å². The summed E-state index contributed by atoms with van der Waals surface area (Å²) in [6.07, 6.45) is 9.98. The quantitative estimate of drug-likeness (QED) is 0.560. The first-order chi connectivity index (χ1) is 12.2. The molecule has 0 atom stereocenters. The zero-order chi connectivity index (χ0) is 17.2. The van der Waals surface area contributed by atoms with Gasteiger partial charge in [-0.2, -0.15) is 5.10 Å². The van der Waals surface area contributed by atoms with Gasteiger partial charge in [0, 0.05) is 29.6 Å². The molecular formula is C18H14N6O. The smallest absolute Gasteiger partial charge is 0.241 e. The number of aromatic amines is 1. The summed E-state index contributed by atoms with van der Waals surface area (Å²) in [5, 5.41) is 4.38. The lowest BCUT2D eigenvalue weighted by atomic mass is 10.2. The number of hydrogen-bond donors (Lipinski definition) is 2. The summed E-state index contributed by atoms with van der Waals surface area (Å²) in [7, 11) is 0. The van der Waals surface area contributed by atoms with Crippen LogP contribution in [0.3, 0.4) is 0 Å². The maximum absolute atomic E-state index is 10.9. The third-order valence-electron chi connectivity index (χ3n) is 3.74. The molecule has 0 aliphatic heterocycles. The molecule has 1 amide bonds. The SMILES string of the molecule is NC(=O)/C=C/c1c[nH]c2ncc(-c3cnn(-c4ccccc4)c3)nc12. The second kappa shape index (κ2) is 6.04. The molecule has 0 saturated carbocycles. The minimum atomic E-state index is -0.511. The molecule has 0 aliphatic rings. The number of aromatic nitrogens is 5. The van der Waals surface area contributed by atoms with Gasteiger partial charge in [0.25, 0.3) is 0 Å². The van der Waals surface area contributed by atoms with Crippen LogP contribution in [0.2, 0.25) is 0 Å².